The minimum absolute atomic E-state index is 0.462. The minimum Gasteiger partial charge on any atom is -0.285 e. The lowest BCUT2D eigenvalue weighted by atomic mass is 10.1. The van der Waals surface area contributed by atoms with E-state index < -0.39 is 0 Å². The molecule has 0 fully saturated rings. The van der Waals surface area contributed by atoms with E-state index in [2.05, 4.69) is 29.0 Å². The first-order valence-corrected chi connectivity index (χ1v) is 3.93. The lowest BCUT2D eigenvalue weighted by Crippen LogP contribution is -1.96. The van der Waals surface area contributed by atoms with Gasteiger partial charge in [0.2, 0.25) is 0 Å². The molecule has 12 heavy (non-hydrogen) atoms. The van der Waals surface area contributed by atoms with E-state index in [-0.39, 0.29) is 0 Å². The van der Waals surface area contributed by atoms with E-state index in [1.807, 2.05) is 16.8 Å². The number of nitrogens with zero attached hydrogens (tertiary/aromatic N) is 4. The van der Waals surface area contributed by atoms with Crippen LogP contribution in [0.25, 0.3) is 5.78 Å². The largest absolute Gasteiger partial charge is 0.285 e. The summed E-state index contributed by atoms with van der Waals surface area (Å²) >= 11 is 0. The number of aromatic nitrogens is 4. The highest BCUT2D eigenvalue weighted by molar-refractivity contribution is 5.29. The van der Waals surface area contributed by atoms with Crippen LogP contribution < -0.4 is 0 Å². The van der Waals surface area contributed by atoms with Crippen molar-refractivity contribution in [2.24, 2.45) is 0 Å². The molecule has 0 N–H and O–H groups in total. The number of hydrogen-bond acceptors (Lipinski definition) is 3. The molecule has 0 spiro atoms. The smallest absolute Gasteiger partial charge is 0.253 e. The lowest BCUT2D eigenvalue weighted by molar-refractivity contribution is 0.798. The van der Waals surface area contributed by atoms with E-state index in [1.165, 1.54) is 5.69 Å². The second-order valence-corrected chi connectivity index (χ2v) is 3.02. The second-order valence-electron chi connectivity index (χ2n) is 3.02. The first-order valence-electron chi connectivity index (χ1n) is 3.93. The molecule has 2 rings (SSSR count). The summed E-state index contributed by atoms with van der Waals surface area (Å²) in [5, 5.41) is 7.64. The Labute approximate surface area is 70.3 Å². The van der Waals surface area contributed by atoms with Gasteiger partial charge in [0.15, 0.2) is 0 Å². The van der Waals surface area contributed by atoms with Gasteiger partial charge in [0.05, 0.1) is 12.4 Å². The number of hydrogen-bond donors (Lipinski definition) is 0. The predicted molar refractivity (Wildman–Crippen MR) is 44.9 cm³/mol. The Bertz CT molecular complexity index is 391. The van der Waals surface area contributed by atoms with E-state index in [0.717, 1.165) is 0 Å². The summed E-state index contributed by atoms with van der Waals surface area (Å²) < 4.78 is 1.96. The molecule has 62 valence electrons. The van der Waals surface area contributed by atoms with Crippen molar-refractivity contribution in [2.75, 3.05) is 0 Å². The molecule has 0 saturated heterocycles. The van der Waals surface area contributed by atoms with Crippen molar-refractivity contribution in [2.45, 2.75) is 19.8 Å². The van der Waals surface area contributed by atoms with Crippen molar-refractivity contribution in [3.63, 3.8) is 0 Å². The van der Waals surface area contributed by atoms with Gasteiger partial charge in [-0.05, 0) is 5.92 Å². The first-order chi connectivity index (χ1) is 5.79. The fourth-order valence-electron chi connectivity index (χ4n) is 1.20. The van der Waals surface area contributed by atoms with E-state index >= 15 is 0 Å². The molecule has 2 aromatic heterocycles. The molecule has 0 radical (unpaired) electrons. The van der Waals surface area contributed by atoms with Crippen LogP contribution in [-0.4, -0.2) is 19.6 Å². The van der Waals surface area contributed by atoms with Gasteiger partial charge in [0.1, 0.15) is 0 Å². The lowest BCUT2D eigenvalue weighted by Gasteiger charge is -2.01. The highest BCUT2D eigenvalue weighted by atomic mass is 15.2. The van der Waals surface area contributed by atoms with Gasteiger partial charge in [-0.25, -0.2) is 4.98 Å². The van der Waals surface area contributed by atoms with Crippen molar-refractivity contribution in [3.05, 3.63) is 24.3 Å². The van der Waals surface area contributed by atoms with Gasteiger partial charge in [-0.15, -0.1) is 5.10 Å². The third-order valence-corrected chi connectivity index (χ3v) is 1.83. The predicted octanol–water partition coefficient (Wildman–Crippen LogP) is 1.25. The molecular weight excluding hydrogens is 152 g/mol. The summed E-state index contributed by atoms with van der Waals surface area (Å²) in [5.74, 6) is 1.13. The third-order valence-electron chi connectivity index (χ3n) is 1.83. The van der Waals surface area contributed by atoms with E-state index in [1.54, 1.807) is 6.20 Å². The van der Waals surface area contributed by atoms with Crippen LogP contribution in [0.1, 0.15) is 25.5 Å². The molecule has 0 amide bonds. The summed E-state index contributed by atoms with van der Waals surface area (Å²) in [5.41, 5.74) is 1.17. The molecule has 0 aliphatic rings. The number of imidazole rings is 1. The highest BCUT2D eigenvalue weighted by Gasteiger charge is 2.06. The van der Waals surface area contributed by atoms with Gasteiger partial charge >= 0.3 is 0 Å². The Kier molecular flexibility index (Phi) is 1.53. The van der Waals surface area contributed by atoms with Crippen molar-refractivity contribution < 1.29 is 0 Å². The van der Waals surface area contributed by atoms with Crippen LogP contribution in [-0.2, 0) is 0 Å². The summed E-state index contributed by atoms with van der Waals surface area (Å²) in [4.78, 5) is 4.13. The molecule has 0 saturated carbocycles. The topological polar surface area (TPSA) is 43.1 Å². The molecular formula is C8H10N4. The monoisotopic (exact) mass is 162 g/mol. The minimum atomic E-state index is 0.462. The Balaban J connectivity index is 2.70. The van der Waals surface area contributed by atoms with Crippen molar-refractivity contribution in [1.82, 2.24) is 19.6 Å². The quantitative estimate of drug-likeness (QED) is 0.633. The standard InChI is InChI=1S/C8H10N4/c1-6(2)7-5-9-8-11-10-3-4-12(7)8/h3-6H,1-2H3. The van der Waals surface area contributed by atoms with Gasteiger partial charge in [-0.3, -0.25) is 4.40 Å². The van der Waals surface area contributed by atoms with Crippen LogP contribution in [0.2, 0.25) is 0 Å². The van der Waals surface area contributed by atoms with E-state index in [4.69, 9.17) is 0 Å². The Morgan fingerprint density at radius 1 is 1.42 bits per heavy atom. The Morgan fingerprint density at radius 2 is 2.25 bits per heavy atom. The van der Waals surface area contributed by atoms with Crippen molar-refractivity contribution >= 4 is 5.78 Å². The Hall–Kier alpha value is -1.45. The SMILES string of the molecule is CC(C)c1cnc2nnccn12. The van der Waals surface area contributed by atoms with Crippen LogP contribution in [0.3, 0.4) is 0 Å². The molecule has 4 heteroatoms. The fourth-order valence-corrected chi connectivity index (χ4v) is 1.20. The average Bonchev–Trinajstić information content (AvgIpc) is 2.47. The maximum atomic E-state index is 4.13. The van der Waals surface area contributed by atoms with E-state index in [9.17, 15) is 0 Å². The summed E-state index contributed by atoms with van der Waals surface area (Å²) in [6.45, 7) is 4.26. The van der Waals surface area contributed by atoms with Crippen LogP contribution in [0, 0.1) is 0 Å². The maximum absolute atomic E-state index is 4.13. The van der Waals surface area contributed by atoms with Gasteiger partial charge in [-0.2, -0.15) is 5.10 Å². The zero-order valence-electron chi connectivity index (χ0n) is 7.10. The molecule has 0 atom stereocenters. The molecule has 2 aromatic rings. The maximum Gasteiger partial charge on any atom is 0.253 e. The van der Waals surface area contributed by atoms with Crippen LogP contribution in [0.5, 0.6) is 0 Å². The molecule has 2 heterocycles. The third kappa shape index (κ3) is 0.958. The van der Waals surface area contributed by atoms with Crippen molar-refractivity contribution in [1.29, 1.82) is 0 Å². The Morgan fingerprint density at radius 3 is 3.00 bits per heavy atom. The van der Waals surface area contributed by atoms with E-state index in [0.29, 0.717) is 11.7 Å². The zero-order chi connectivity index (χ0) is 8.55. The van der Waals surface area contributed by atoms with Crippen LogP contribution in [0.15, 0.2) is 18.6 Å². The number of rotatable bonds is 1. The number of fused-ring (bicyclic) bond motifs is 1. The van der Waals surface area contributed by atoms with Gasteiger partial charge in [-0.1, -0.05) is 13.8 Å². The normalized spacial score (nSPS) is 11.2. The fraction of sp³-hybridized carbons (Fsp3) is 0.375. The molecule has 0 bridgehead atoms. The molecule has 4 nitrogen and oxygen atoms in total. The van der Waals surface area contributed by atoms with Crippen molar-refractivity contribution in [3.8, 4) is 0 Å². The molecule has 0 unspecified atom stereocenters. The van der Waals surface area contributed by atoms with Gasteiger partial charge in [0.25, 0.3) is 5.78 Å². The summed E-state index contributed by atoms with van der Waals surface area (Å²) in [6, 6.07) is 0. The zero-order valence-corrected chi connectivity index (χ0v) is 7.10. The average molecular weight is 162 g/mol. The van der Waals surface area contributed by atoms with Crippen LogP contribution in [0.4, 0.5) is 0 Å². The highest BCUT2D eigenvalue weighted by Crippen LogP contribution is 2.13. The van der Waals surface area contributed by atoms with Gasteiger partial charge in [0, 0.05) is 11.9 Å². The first kappa shape index (κ1) is 7.21. The molecule has 0 aliphatic heterocycles. The summed E-state index contributed by atoms with van der Waals surface area (Å²) in [6.07, 6.45) is 5.39. The molecule has 0 aromatic carbocycles. The summed E-state index contributed by atoms with van der Waals surface area (Å²) in [7, 11) is 0. The second kappa shape index (κ2) is 2.55. The van der Waals surface area contributed by atoms with Gasteiger partial charge < -0.3 is 0 Å². The molecule has 0 aliphatic carbocycles. The van der Waals surface area contributed by atoms with Crippen LogP contribution >= 0.6 is 0 Å².